The number of amides is 1. The van der Waals surface area contributed by atoms with Gasteiger partial charge in [0.05, 0.1) is 6.61 Å². The van der Waals surface area contributed by atoms with Gasteiger partial charge in [-0.2, -0.15) is 0 Å². The third-order valence-corrected chi connectivity index (χ3v) is 4.42. The molecule has 3 nitrogen and oxygen atoms in total. The Morgan fingerprint density at radius 3 is 2.23 bits per heavy atom. The summed E-state index contributed by atoms with van der Waals surface area (Å²) in [5.41, 5.74) is 3.68. The zero-order valence-corrected chi connectivity index (χ0v) is 15.9. The van der Waals surface area contributed by atoms with Crippen LogP contribution >= 0.6 is 0 Å². The Hall–Kier alpha value is -2.55. The standard InChI is InChI=1S/C23H29NO2/c1-4-6-18-26-22-15-13-21(14-16-22)20-11-9-19(10-12-20)8-7-17-24(3)23(25)5-2/h5,9-16H,2,4,6-8,17-18H2,1,3H3. The van der Waals surface area contributed by atoms with E-state index in [1.165, 1.54) is 22.8 Å². The van der Waals surface area contributed by atoms with Gasteiger partial charge < -0.3 is 9.64 Å². The summed E-state index contributed by atoms with van der Waals surface area (Å²) in [5, 5.41) is 0. The Bertz CT molecular complexity index is 689. The molecule has 2 rings (SSSR count). The van der Waals surface area contributed by atoms with Gasteiger partial charge in [-0.15, -0.1) is 0 Å². The lowest BCUT2D eigenvalue weighted by Gasteiger charge is -2.14. The van der Waals surface area contributed by atoms with Crippen molar-refractivity contribution < 1.29 is 9.53 Å². The van der Waals surface area contributed by atoms with Gasteiger partial charge in [-0.1, -0.05) is 56.3 Å². The minimum Gasteiger partial charge on any atom is -0.494 e. The Kier molecular flexibility index (Phi) is 7.94. The van der Waals surface area contributed by atoms with Crippen molar-refractivity contribution >= 4 is 5.91 Å². The molecule has 0 atom stereocenters. The van der Waals surface area contributed by atoms with E-state index in [1.807, 2.05) is 19.2 Å². The number of aryl methyl sites for hydroxylation is 1. The van der Waals surface area contributed by atoms with Crippen molar-refractivity contribution in [2.45, 2.75) is 32.6 Å². The highest BCUT2D eigenvalue weighted by molar-refractivity contribution is 5.86. The van der Waals surface area contributed by atoms with Gasteiger partial charge in [0, 0.05) is 13.6 Å². The lowest BCUT2D eigenvalue weighted by molar-refractivity contribution is -0.124. The second kappa shape index (κ2) is 10.4. The lowest BCUT2D eigenvalue weighted by Crippen LogP contribution is -2.25. The Balaban J connectivity index is 1.86. The van der Waals surface area contributed by atoms with Crippen LogP contribution in [-0.2, 0) is 11.2 Å². The van der Waals surface area contributed by atoms with E-state index < -0.39 is 0 Å². The SMILES string of the molecule is C=CC(=O)N(C)CCCc1ccc(-c2ccc(OCCCC)cc2)cc1. The number of rotatable bonds is 10. The molecule has 0 aliphatic rings. The molecule has 0 aromatic heterocycles. The molecule has 2 aromatic carbocycles. The van der Waals surface area contributed by atoms with Crippen molar-refractivity contribution in [1.29, 1.82) is 0 Å². The van der Waals surface area contributed by atoms with Crippen LogP contribution in [0.5, 0.6) is 5.75 Å². The highest BCUT2D eigenvalue weighted by Gasteiger charge is 2.04. The molecule has 0 heterocycles. The van der Waals surface area contributed by atoms with Gasteiger partial charge in [0.1, 0.15) is 5.75 Å². The molecule has 0 N–H and O–H groups in total. The number of unbranched alkanes of at least 4 members (excludes halogenated alkanes) is 1. The van der Waals surface area contributed by atoms with Crippen LogP contribution in [0.3, 0.4) is 0 Å². The fourth-order valence-electron chi connectivity index (χ4n) is 2.73. The van der Waals surface area contributed by atoms with Crippen LogP contribution in [0.4, 0.5) is 0 Å². The summed E-state index contributed by atoms with van der Waals surface area (Å²) < 4.78 is 5.71. The van der Waals surface area contributed by atoms with Gasteiger partial charge in [-0.05, 0) is 54.2 Å². The minimum absolute atomic E-state index is 0.0255. The maximum absolute atomic E-state index is 11.5. The summed E-state index contributed by atoms with van der Waals surface area (Å²) in [4.78, 5) is 13.2. The van der Waals surface area contributed by atoms with Crippen molar-refractivity contribution in [1.82, 2.24) is 4.90 Å². The van der Waals surface area contributed by atoms with Crippen LogP contribution in [0.15, 0.2) is 61.2 Å². The zero-order valence-electron chi connectivity index (χ0n) is 15.9. The van der Waals surface area contributed by atoms with E-state index >= 15 is 0 Å². The third kappa shape index (κ3) is 6.07. The van der Waals surface area contributed by atoms with E-state index in [0.29, 0.717) is 0 Å². The quantitative estimate of drug-likeness (QED) is 0.440. The number of benzene rings is 2. The van der Waals surface area contributed by atoms with Gasteiger partial charge >= 0.3 is 0 Å². The number of nitrogens with zero attached hydrogens (tertiary/aromatic N) is 1. The molecule has 138 valence electrons. The van der Waals surface area contributed by atoms with Crippen LogP contribution in [0.25, 0.3) is 11.1 Å². The topological polar surface area (TPSA) is 29.5 Å². The summed E-state index contributed by atoms with van der Waals surface area (Å²) in [6.07, 6.45) is 5.49. The minimum atomic E-state index is -0.0255. The number of carbonyl (C=O) groups excluding carboxylic acids is 1. The molecule has 0 saturated heterocycles. The molecule has 26 heavy (non-hydrogen) atoms. The van der Waals surface area contributed by atoms with Crippen molar-refractivity contribution in [2.24, 2.45) is 0 Å². The molecule has 3 heteroatoms. The molecule has 0 fully saturated rings. The summed E-state index contributed by atoms with van der Waals surface area (Å²) in [5.74, 6) is 0.902. The summed E-state index contributed by atoms with van der Waals surface area (Å²) in [6, 6.07) is 16.9. The smallest absolute Gasteiger partial charge is 0.245 e. The van der Waals surface area contributed by atoms with Gasteiger partial charge in [0.25, 0.3) is 0 Å². The first-order valence-electron chi connectivity index (χ1n) is 9.33. The fourth-order valence-corrected chi connectivity index (χ4v) is 2.73. The largest absolute Gasteiger partial charge is 0.494 e. The van der Waals surface area contributed by atoms with Crippen molar-refractivity contribution in [3.05, 3.63) is 66.7 Å². The average molecular weight is 351 g/mol. The highest BCUT2D eigenvalue weighted by atomic mass is 16.5. The van der Waals surface area contributed by atoms with Crippen molar-refractivity contribution in [2.75, 3.05) is 20.2 Å². The zero-order chi connectivity index (χ0) is 18.8. The van der Waals surface area contributed by atoms with Gasteiger partial charge in [0.15, 0.2) is 0 Å². The third-order valence-electron chi connectivity index (χ3n) is 4.42. The van der Waals surface area contributed by atoms with Crippen LogP contribution in [0.1, 0.15) is 31.7 Å². The first-order valence-corrected chi connectivity index (χ1v) is 9.33. The Labute approximate surface area is 157 Å². The molecule has 0 aliphatic heterocycles. The predicted molar refractivity (Wildman–Crippen MR) is 108 cm³/mol. The Morgan fingerprint density at radius 1 is 1.04 bits per heavy atom. The number of carbonyl (C=O) groups is 1. The van der Waals surface area contributed by atoms with E-state index in [0.717, 1.165) is 44.6 Å². The normalized spacial score (nSPS) is 10.4. The van der Waals surface area contributed by atoms with E-state index in [1.54, 1.807) is 4.90 Å². The number of ether oxygens (including phenoxy) is 1. The van der Waals surface area contributed by atoms with Crippen LogP contribution in [0.2, 0.25) is 0 Å². The van der Waals surface area contributed by atoms with Crippen LogP contribution in [0, 0.1) is 0 Å². The molecule has 0 spiro atoms. The van der Waals surface area contributed by atoms with E-state index in [4.69, 9.17) is 4.74 Å². The monoisotopic (exact) mass is 351 g/mol. The van der Waals surface area contributed by atoms with Crippen LogP contribution < -0.4 is 4.74 Å². The van der Waals surface area contributed by atoms with E-state index in [9.17, 15) is 4.79 Å². The molecule has 0 unspecified atom stereocenters. The summed E-state index contributed by atoms with van der Waals surface area (Å²) in [6.45, 7) is 7.19. The van der Waals surface area contributed by atoms with Crippen molar-refractivity contribution in [3.63, 3.8) is 0 Å². The molecule has 0 bridgehead atoms. The molecule has 0 saturated carbocycles. The molecular formula is C23H29NO2. The second-order valence-electron chi connectivity index (χ2n) is 6.49. The van der Waals surface area contributed by atoms with Crippen molar-refractivity contribution in [3.8, 4) is 16.9 Å². The highest BCUT2D eigenvalue weighted by Crippen LogP contribution is 2.23. The maximum atomic E-state index is 11.5. The first kappa shape index (κ1) is 19.8. The number of likely N-dealkylation sites (N-methyl/N-ethyl adjacent to an activating group) is 1. The number of hydrogen-bond acceptors (Lipinski definition) is 2. The molecule has 0 aliphatic carbocycles. The summed E-state index contributed by atoms with van der Waals surface area (Å²) >= 11 is 0. The fraction of sp³-hybridized carbons (Fsp3) is 0.348. The van der Waals surface area contributed by atoms with Gasteiger partial charge in [-0.3, -0.25) is 4.79 Å². The van der Waals surface area contributed by atoms with E-state index in [2.05, 4.69) is 49.9 Å². The number of hydrogen-bond donors (Lipinski definition) is 0. The summed E-state index contributed by atoms with van der Waals surface area (Å²) in [7, 11) is 1.81. The molecule has 0 radical (unpaired) electrons. The predicted octanol–water partition coefficient (Wildman–Crippen LogP) is 5.11. The average Bonchev–Trinajstić information content (AvgIpc) is 2.68. The van der Waals surface area contributed by atoms with Gasteiger partial charge in [0.2, 0.25) is 5.91 Å². The second-order valence-corrected chi connectivity index (χ2v) is 6.49. The first-order chi connectivity index (χ1) is 12.6. The molecule has 1 amide bonds. The molecule has 2 aromatic rings. The lowest BCUT2D eigenvalue weighted by atomic mass is 10.0. The maximum Gasteiger partial charge on any atom is 0.245 e. The molecular weight excluding hydrogens is 322 g/mol. The van der Waals surface area contributed by atoms with Crippen LogP contribution in [-0.4, -0.2) is 31.0 Å². The Morgan fingerprint density at radius 2 is 1.65 bits per heavy atom. The van der Waals surface area contributed by atoms with E-state index in [-0.39, 0.29) is 5.91 Å². The van der Waals surface area contributed by atoms with Gasteiger partial charge in [-0.25, -0.2) is 0 Å².